The maximum Gasteiger partial charge on any atom is 0.322 e. The lowest BCUT2D eigenvalue weighted by Gasteiger charge is -2.32. The van der Waals surface area contributed by atoms with Crippen LogP contribution in [0.3, 0.4) is 0 Å². The molecule has 3 aromatic rings. The van der Waals surface area contributed by atoms with Crippen LogP contribution < -0.4 is 5.32 Å². The standard InChI is InChI=1S/C19H15FN6O2/c1-11-7-16-14(17(28-25-16)18-22-5-2-6-23-18)10-26(11)19(27)24-13-3-4-15(20)12(8-13)9-21/h2-6,8,11H,7,10H2,1H3,(H,24,27)/t11-/m0/s1. The number of benzene rings is 1. The van der Waals surface area contributed by atoms with E-state index in [1.54, 1.807) is 29.4 Å². The number of nitriles is 1. The zero-order chi connectivity index (χ0) is 19.7. The Labute approximate surface area is 159 Å². The second-order valence-electron chi connectivity index (χ2n) is 6.43. The number of nitrogens with zero attached hydrogens (tertiary/aromatic N) is 5. The van der Waals surface area contributed by atoms with E-state index in [0.717, 1.165) is 17.3 Å². The molecule has 0 unspecified atom stereocenters. The first kappa shape index (κ1) is 17.6. The first-order valence-electron chi connectivity index (χ1n) is 8.59. The zero-order valence-corrected chi connectivity index (χ0v) is 14.9. The van der Waals surface area contributed by atoms with Gasteiger partial charge >= 0.3 is 6.03 Å². The van der Waals surface area contributed by atoms with Gasteiger partial charge in [0.25, 0.3) is 0 Å². The van der Waals surface area contributed by atoms with Gasteiger partial charge in [-0.25, -0.2) is 19.2 Å². The van der Waals surface area contributed by atoms with Crippen LogP contribution in [0, 0.1) is 17.1 Å². The SMILES string of the molecule is C[C@H]1Cc2noc(-c3ncccn3)c2CN1C(=O)Nc1ccc(F)c(C#N)c1. The number of rotatable bonds is 2. The third kappa shape index (κ3) is 3.16. The first-order chi connectivity index (χ1) is 13.6. The van der Waals surface area contributed by atoms with Crippen molar-refractivity contribution in [3.63, 3.8) is 0 Å². The monoisotopic (exact) mass is 378 g/mol. The van der Waals surface area contributed by atoms with E-state index >= 15 is 0 Å². The van der Waals surface area contributed by atoms with Gasteiger partial charge in [-0.1, -0.05) is 5.16 Å². The number of carbonyl (C=O) groups is 1. The number of hydrogen-bond donors (Lipinski definition) is 1. The summed E-state index contributed by atoms with van der Waals surface area (Å²) in [5.74, 6) is 0.214. The van der Waals surface area contributed by atoms with Gasteiger partial charge in [0.2, 0.25) is 5.76 Å². The minimum absolute atomic E-state index is 0.127. The van der Waals surface area contributed by atoms with Crippen molar-refractivity contribution < 1.29 is 13.7 Å². The van der Waals surface area contributed by atoms with Crippen LogP contribution in [-0.2, 0) is 13.0 Å². The van der Waals surface area contributed by atoms with Crippen LogP contribution in [0.2, 0.25) is 0 Å². The van der Waals surface area contributed by atoms with Crippen LogP contribution >= 0.6 is 0 Å². The summed E-state index contributed by atoms with van der Waals surface area (Å²) in [7, 11) is 0. The molecule has 1 aliphatic rings. The fourth-order valence-corrected chi connectivity index (χ4v) is 3.13. The van der Waals surface area contributed by atoms with E-state index in [0.29, 0.717) is 23.7 Å². The van der Waals surface area contributed by atoms with Crippen molar-refractivity contribution in [1.82, 2.24) is 20.0 Å². The molecule has 1 aromatic carbocycles. The smallest absolute Gasteiger partial charge is 0.322 e. The lowest BCUT2D eigenvalue weighted by molar-refractivity contribution is 0.182. The summed E-state index contributed by atoms with van der Waals surface area (Å²) >= 11 is 0. The highest BCUT2D eigenvalue weighted by Gasteiger charge is 2.32. The van der Waals surface area contributed by atoms with E-state index in [4.69, 9.17) is 9.78 Å². The van der Waals surface area contributed by atoms with E-state index in [-0.39, 0.29) is 24.2 Å². The van der Waals surface area contributed by atoms with Gasteiger partial charge in [0, 0.05) is 36.1 Å². The summed E-state index contributed by atoms with van der Waals surface area (Å²) in [6, 6.07) is 6.83. The van der Waals surface area contributed by atoms with Crippen molar-refractivity contribution in [2.45, 2.75) is 25.9 Å². The molecule has 0 radical (unpaired) electrons. The Balaban J connectivity index is 1.58. The molecule has 0 aliphatic carbocycles. The lowest BCUT2D eigenvalue weighted by atomic mass is 10.00. The van der Waals surface area contributed by atoms with Crippen LogP contribution in [0.5, 0.6) is 0 Å². The second kappa shape index (κ2) is 7.08. The Kier molecular flexibility index (Phi) is 4.45. The van der Waals surface area contributed by atoms with E-state index in [2.05, 4.69) is 20.4 Å². The molecular formula is C19H15FN6O2. The fraction of sp³-hybridized carbons (Fsp3) is 0.211. The van der Waals surface area contributed by atoms with Crippen LogP contribution in [-0.4, -0.2) is 32.1 Å². The second-order valence-corrected chi connectivity index (χ2v) is 6.43. The molecule has 0 saturated heterocycles. The molecule has 8 nitrogen and oxygen atoms in total. The van der Waals surface area contributed by atoms with Crippen LogP contribution in [0.15, 0.2) is 41.2 Å². The maximum atomic E-state index is 13.5. The molecule has 2 aromatic heterocycles. The summed E-state index contributed by atoms with van der Waals surface area (Å²) < 4.78 is 18.9. The molecule has 1 N–H and O–H groups in total. The highest BCUT2D eigenvalue weighted by Crippen LogP contribution is 2.31. The Morgan fingerprint density at radius 3 is 2.93 bits per heavy atom. The van der Waals surface area contributed by atoms with Gasteiger partial charge in [0.1, 0.15) is 11.9 Å². The Bertz CT molecular complexity index is 1080. The molecule has 4 rings (SSSR count). The third-order valence-electron chi connectivity index (χ3n) is 4.59. The molecule has 0 bridgehead atoms. The summed E-state index contributed by atoms with van der Waals surface area (Å²) in [5.41, 5.74) is 1.75. The van der Waals surface area contributed by atoms with Gasteiger partial charge in [0.15, 0.2) is 5.82 Å². The molecule has 140 valence electrons. The predicted octanol–water partition coefficient (Wildman–Crippen LogP) is 3.12. The van der Waals surface area contributed by atoms with E-state index < -0.39 is 5.82 Å². The molecular weight excluding hydrogens is 363 g/mol. The summed E-state index contributed by atoms with van der Waals surface area (Å²) in [6.07, 6.45) is 3.73. The molecule has 2 amide bonds. The first-order valence-corrected chi connectivity index (χ1v) is 8.59. The van der Waals surface area contributed by atoms with Crippen molar-refractivity contribution in [3.05, 3.63) is 59.3 Å². The van der Waals surface area contributed by atoms with Gasteiger partial charge < -0.3 is 14.7 Å². The number of nitrogens with one attached hydrogen (secondary N) is 1. The number of amides is 2. The van der Waals surface area contributed by atoms with Gasteiger partial charge in [-0.3, -0.25) is 0 Å². The largest absolute Gasteiger partial charge is 0.352 e. The molecule has 1 aliphatic heterocycles. The average molecular weight is 378 g/mol. The summed E-state index contributed by atoms with van der Waals surface area (Å²) in [4.78, 5) is 22.8. The van der Waals surface area contributed by atoms with Crippen molar-refractivity contribution in [2.24, 2.45) is 0 Å². The van der Waals surface area contributed by atoms with Crippen molar-refractivity contribution in [2.75, 3.05) is 5.32 Å². The van der Waals surface area contributed by atoms with Crippen molar-refractivity contribution >= 4 is 11.7 Å². The number of fused-ring (bicyclic) bond motifs is 1. The highest BCUT2D eigenvalue weighted by molar-refractivity contribution is 5.90. The van der Waals surface area contributed by atoms with Crippen LogP contribution in [0.25, 0.3) is 11.6 Å². The van der Waals surface area contributed by atoms with Crippen molar-refractivity contribution in [3.8, 4) is 17.7 Å². The average Bonchev–Trinajstić information content (AvgIpc) is 3.12. The lowest BCUT2D eigenvalue weighted by Crippen LogP contribution is -2.44. The number of urea groups is 1. The minimum atomic E-state index is -0.631. The molecule has 0 fully saturated rings. The van der Waals surface area contributed by atoms with Gasteiger partial charge in [-0.15, -0.1) is 0 Å². The van der Waals surface area contributed by atoms with Gasteiger partial charge in [-0.05, 0) is 31.2 Å². The zero-order valence-electron chi connectivity index (χ0n) is 14.9. The molecule has 28 heavy (non-hydrogen) atoms. The quantitative estimate of drug-likeness (QED) is 0.734. The van der Waals surface area contributed by atoms with Gasteiger partial charge in [-0.2, -0.15) is 5.26 Å². The molecule has 0 saturated carbocycles. The topological polar surface area (TPSA) is 108 Å². The Morgan fingerprint density at radius 2 is 2.18 bits per heavy atom. The Hall–Kier alpha value is -3.80. The molecule has 9 heteroatoms. The normalized spacial score (nSPS) is 15.6. The predicted molar refractivity (Wildman–Crippen MR) is 96.4 cm³/mol. The van der Waals surface area contributed by atoms with Crippen LogP contribution in [0.1, 0.15) is 23.7 Å². The third-order valence-corrected chi connectivity index (χ3v) is 4.59. The summed E-state index contributed by atoms with van der Waals surface area (Å²) in [5, 5.41) is 15.8. The number of carbonyl (C=O) groups excluding carboxylic acids is 1. The maximum absolute atomic E-state index is 13.5. The number of aromatic nitrogens is 3. The minimum Gasteiger partial charge on any atom is -0.352 e. The van der Waals surface area contributed by atoms with E-state index in [9.17, 15) is 9.18 Å². The van der Waals surface area contributed by atoms with E-state index in [1.807, 2.05) is 6.92 Å². The Morgan fingerprint density at radius 1 is 1.39 bits per heavy atom. The fourth-order valence-electron chi connectivity index (χ4n) is 3.13. The molecule has 1 atom stereocenters. The number of hydrogen-bond acceptors (Lipinski definition) is 6. The number of anilines is 1. The van der Waals surface area contributed by atoms with Crippen molar-refractivity contribution in [1.29, 1.82) is 5.26 Å². The van der Waals surface area contributed by atoms with E-state index in [1.165, 1.54) is 12.1 Å². The van der Waals surface area contributed by atoms with Crippen LogP contribution in [0.4, 0.5) is 14.9 Å². The van der Waals surface area contributed by atoms with Gasteiger partial charge in [0.05, 0.1) is 17.8 Å². The summed E-state index contributed by atoms with van der Waals surface area (Å²) in [6.45, 7) is 2.17. The highest BCUT2D eigenvalue weighted by atomic mass is 19.1. The molecule has 0 spiro atoms. The molecule has 3 heterocycles. The number of halogens is 1.